The molecule has 0 N–H and O–H groups in total. The van der Waals surface area contributed by atoms with Crippen molar-refractivity contribution < 1.29 is 8.78 Å². The number of hydrogen-bond donors (Lipinski definition) is 0. The maximum atomic E-state index is 13.0. The lowest BCUT2D eigenvalue weighted by Gasteiger charge is -2.12. The number of rotatable bonds is 2. The minimum Gasteiger partial charge on any atom is -0.207 e. The molecule has 0 aliphatic carbocycles. The van der Waals surface area contributed by atoms with Crippen molar-refractivity contribution in [1.29, 1.82) is 0 Å². The van der Waals surface area contributed by atoms with Crippen molar-refractivity contribution in [1.82, 2.24) is 0 Å². The molecule has 2 heteroatoms. The molecule has 82 valence electrons. The number of halogens is 2. The lowest BCUT2D eigenvalue weighted by Crippen LogP contribution is -1.96. The summed E-state index contributed by atoms with van der Waals surface area (Å²) in [4.78, 5) is 0. The minimum atomic E-state index is -0.254. The molecule has 2 aromatic carbocycles. The normalized spacial score (nSPS) is 12.4. The Labute approximate surface area is 93.5 Å². The Morgan fingerprint density at radius 2 is 1.50 bits per heavy atom. The molecule has 0 aliphatic rings. The summed E-state index contributed by atoms with van der Waals surface area (Å²) in [5.74, 6) is -0.432. The van der Waals surface area contributed by atoms with E-state index in [0.29, 0.717) is 0 Å². The molecule has 0 aliphatic heterocycles. The van der Waals surface area contributed by atoms with Crippen LogP contribution >= 0.6 is 0 Å². The topological polar surface area (TPSA) is 0 Å². The predicted octanol–water partition coefficient (Wildman–Crippen LogP) is 4.12. The molecule has 0 saturated carbocycles. The Hall–Kier alpha value is -1.70. The highest BCUT2D eigenvalue weighted by Gasteiger charge is 2.08. The van der Waals surface area contributed by atoms with E-state index in [-0.39, 0.29) is 17.6 Å². The smallest absolute Gasteiger partial charge is 0.123 e. The van der Waals surface area contributed by atoms with Gasteiger partial charge in [0.1, 0.15) is 11.6 Å². The summed E-state index contributed by atoms with van der Waals surface area (Å²) in [6, 6.07) is 12.8. The highest BCUT2D eigenvalue weighted by molar-refractivity contribution is 5.31. The molecule has 0 spiro atoms. The van der Waals surface area contributed by atoms with Gasteiger partial charge in [-0.2, -0.15) is 0 Å². The van der Waals surface area contributed by atoms with Crippen LogP contribution in [0.3, 0.4) is 0 Å². The molecule has 16 heavy (non-hydrogen) atoms. The summed E-state index contributed by atoms with van der Waals surface area (Å²) >= 11 is 0. The Kier molecular flexibility index (Phi) is 3.00. The minimum absolute atomic E-state index is 0.0660. The molecule has 0 nitrogen and oxygen atoms in total. The van der Waals surface area contributed by atoms with Crippen molar-refractivity contribution in [3.8, 4) is 0 Å². The first-order valence-corrected chi connectivity index (χ1v) is 5.18. The average molecular weight is 218 g/mol. The van der Waals surface area contributed by atoms with Crippen LogP contribution in [-0.4, -0.2) is 0 Å². The highest BCUT2D eigenvalue weighted by atomic mass is 19.1. The van der Waals surface area contributed by atoms with E-state index < -0.39 is 0 Å². The zero-order valence-electron chi connectivity index (χ0n) is 8.95. The quantitative estimate of drug-likeness (QED) is 0.711. The van der Waals surface area contributed by atoms with E-state index in [9.17, 15) is 8.78 Å². The Bertz CT molecular complexity index is 474. The van der Waals surface area contributed by atoms with Gasteiger partial charge in [0, 0.05) is 5.92 Å². The number of benzene rings is 2. The molecule has 0 fully saturated rings. The molecular weight excluding hydrogens is 206 g/mol. The van der Waals surface area contributed by atoms with Crippen molar-refractivity contribution in [3.05, 3.63) is 71.3 Å². The second kappa shape index (κ2) is 4.44. The zero-order valence-corrected chi connectivity index (χ0v) is 8.95. The zero-order chi connectivity index (χ0) is 11.5. The molecule has 0 bridgehead atoms. The first-order chi connectivity index (χ1) is 7.66. The molecule has 2 aromatic rings. The largest absolute Gasteiger partial charge is 0.207 e. The molecule has 1 atom stereocenters. The molecule has 0 saturated heterocycles. The van der Waals surface area contributed by atoms with Gasteiger partial charge in [-0.25, -0.2) is 8.78 Å². The number of hydrogen-bond acceptors (Lipinski definition) is 0. The van der Waals surface area contributed by atoms with Crippen LogP contribution in [0.15, 0.2) is 48.5 Å². The molecule has 0 aromatic heterocycles. The Morgan fingerprint density at radius 3 is 2.12 bits per heavy atom. The third-order valence-corrected chi connectivity index (χ3v) is 2.72. The molecule has 1 unspecified atom stereocenters. The van der Waals surface area contributed by atoms with Gasteiger partial charge in [-0.1, -0.05) is 31.2 Å². The maximum absolute atomic E-state index is 13.0. The van der Waals surface area contributed by atoms with Gasteiger partial charge < -0.3 is 0 Å². The van der Waals surface area contributed by atoms with Crippen molar-refractivity contribution in [2.75, 3.05) is 0 Å². The summed E-state index contributed by atoms with van der Waals surface area (Å²) in [6.07, 6.45) is 0. The van der Waals surface area contributed by atoms with Crippen LogP contribution < -0.4 is 0 Å². The average Bonchev–Trinajstić information content (AvgIpc) is 2.29. The van der Waals surface area contributed by atoms with Gasteiger partial charge in [0.25, 0.3) is 0 Å². The molecule has 0 radical (unpaired) electrons. The third kappa shape index (κ3) is 2.27. The van der Waals surface area contributed by atoms with Gasteiger partial charge in [0.2, 0.25) is 0 Å². The van der Waals surface area contributed by atoms with Crippen LogP contribution in [-0.2, 0) is 0 Å². The van der Waals surface area contributed by atoms with E-state index in [1.165, 1.54) is 24.3 Å². The summed E-state index contributed by atoms with van der Waals surface area (Å²) in [7, 11) is 0. The summed E-state index contributed by atoms with van der Waals surface area (Å²) in [6.45, 7) is 1.97. The van der Waals surface area contributed by atoms with Crippen LogP contribution in [0.5, 0.6) is 0 Å². The van der Waals surface area contributed by atoms with E-state index in [2.05, 4.69) is 0 Å². The van der Waals surface area contributed by atoms with Gasteiger partial charge in [-0.15, -0.1) is 0 Å². The van der Waals surface area contributed by atoms with Crippen LogP contribution in [0.25, 0.3) is 0 Å². The van der Waals surface area contributed by atoms with E-state index in [0.717, 1.165) is 11.1 Å². The highest BCUT2D eigenvalue weighted by Crippen LogP contribution is 2.24. The van der Waals surface area contributed by atoms with Gasteiger partial charge in [0.05, 0.1) is 0 Å². The van der Waals surface area contributed by atoms with E-state index in [1.807, 2.05) is 13.0 Å². The Balaban J connectivity index is 2.31. The second-order valence-corrected chi connectivity index (χ2v) is 3.83. The van der Waals surface area contributed by atoms with Crippen LogP contribution in [0.4, 0.5) is 8.78 Å². The van der Waals surface area contributed by atoms with E-state index in [1.54, 1.807) is 18.2 Å². The van der Waals surface area contributed by atoms with Crippen molar-refractivity contribution in [2.24, 2.45) is 0 Å². The van der Waals surface area contributed by atoms with Crippen molar-refractivity contribution in [2.45, 2.75) is 12.8 Å². The fraction of sp³-hybridized carbons (Fsp3) is 0.143. The van der Waals surface area contributed by atoms with Crippen LogP contribution in [0, 0.1) is 11.6 Å². The van der Waals surface area contributed by atoms with Gasteiger partial charge in [-0.3, -0.25) is 0 Å². The molecule has 0 amide bonds. The molecular formula is C14H12F2. The maximum Gasteiger partial charge on any atom is 0.123 e. The summed E-state index contributed by atoms with van der Waals surface area (Å²) in [5, 5.41) is 0. The van der Waals surface area contributed by atoms with Crippen LogP contribution in [0.1, 0.15) is 24.0 Å². The second-order valence-electron chi connectivity index (χ2n) is 3.83. The Morgan fingerprint density at radius 1 is 0.812 bits per heavy atom. The molecule has 2 rings (SSSR count). The van der Waals surface area contributed by atoms with Crippen molar-refractivity contribution >= 4 is 0 Å². The first kappa shape index (κ1) is 10.8. The van der Waals surface area contributed by atoms with Gasteiger partial charge in [0.15, 0.2) is 0 Å². The lowest BCUT2D eigenvalue weighted by molar-refractivity contribution is 0.622. The SMILES string of the molecule is CC(c1ccc(F)cc1)c1cccc(F)c1. The van der Waals surface area contributed by atoms with E-state index >= 15 is 0 Å². The summed E-state index contributed by atoms with van der Waals surface area (Å²) in [5.41, 5.74) is 1.87. The summed E-state index contributed by atoms with van der Waals surface area (Å²) < 4.78 is 25.8. The monoisotopic (exact) mass is 218 g/mol. The standard InChI is InChI=1S/C14H12F2/c1-10(11-5-7-13(15)8-6-11)12-3-2-4-14(16)9-12/h2-10H,1H3. The molecule has 0 heterocycles. The third-order valence-electron chi connectivity index (χ3n) is 2.72. The van der Waals surface area contributed by atoms with Crippen LogP contribution in [0.2, 0.25) is 0 Å². The first-order valence-electron chi connectivity index (χ1n) is 5.18. The fourth-order valence-corrected chi connectivity index (χ4v) is 1.72. The lowest BCUT2D eigenvalue weighted by atomic mass is 9.93. The fourth-order valence-electron chi connectivity index (χ4n) is 1.72. The van der Waals surface area contributed by atoms with E-state index in [4.69, 9.17) is 0 Å². The van der Waals surface area contributed by atoms with Crippen molar-refractivity contribution in [3.63, 3.8) is 0 Å². The predicted molar refractivity (Wildman–Crippen MR) is 60.3 cm³/mol. The van der Waals surface area contributed by atoms with Gasteiger partial charge in [-0.05, 0) is 35.4 Å². The van der Waals surface area contributed by atoms with Gasteiger partial charge >= 0.3 is 0 Å².